The van der Waals surface area contributed by atoms with E-state index in [2.05, 4.69) is 10.1 Å². The van der Waals surface area contributed by atoms with Gasteiger partial charge in [0.2, 0.25) is 0 Å². The molecule has 0 radical (unpaired) electrons. The van der Waals surface area contributed by atoms with Crippen molar-refractivity contribution >= 4 is 12.1 Å². The Morgan fingerprint density at radius 3 is 2.38 bits per heavy atom. The molecule has 0 saturated heterocycles. The van der Waals surface area contributed by atoms with Gasteiger partial charge in [0.05, 0.1) is 6.61 Å². The van der Waals surface area contributed by atoms with Gasteiger partial charge in [0.1, 0.15) is 12.6 Å². The largest absolute Gasteiger partial charge is 0.480 e. The fraction of sp³-hybridized carbons (Fsp3) is 0.800. The molecule has 1 unspecified atom stereocenters. The summed E-state index contributed by atoms with van der Waals surface area (Å²) in [6, 6.07) is -0.907. The van der Waals surface area contributed by atoms with Gasteiger partial charge in [0.15, 0.2) is 0 Å². The van der Waals surface area contributed by atoms with Gasteiger partial charge in [-0.25, -0.2) is 9.59 Å². The van der Waals surface area contributed by atoms with E-state index in [4.69, 9.17) is 9.84 Å². The lowest BCUT2D eigenvalue weighted by molar-refractivity contribution is -0.139. The molecule has 0 bridgehead atoms. The van der Waals surface area contributed by atoms with Gasteiger partial charge < -0.3 is 19.9 Å². The molecule has 0 fully saturated rings. The molecule has 0 aliphatic carbocycles. The van der Waals surface area contributed by atoms with E-state index in [0.29, 0.717) is 6.42 Å². The maximum atomic E-state index is 11.2. The molecule has 16 heavy (non-hydrogen) atoms. The van der Waals surface area contributed by atoms with Crippen LogP contribution in [0.25, 0.3) is 0 Å². The molecule has 0 rings (SSSR count). The highest BCUT2D eigenvalue weighted by Crippen LogP contribution is 2.05. The Morgan fingerprint density at radius 1 is 1.31 bits per heavy atom. The minimum atomic E-state index is -1.06. The predicted molar refractivity (Wildman–Crippen MR) is 57.2 cm³/mol. The number of carbonyl (C=O) groups is 2. The first kappa shape index (κ1) is 14.7. The summed E-state index contributed by atoms with van der Waals surface area (Å²) in [4.78, 5) is 22.0. The van der Waals surface area contributed by atoms with Crippen LogP contribution in [-0.2, 0) is 14.3 Å². The Kier molecular flexibility index (Phi) is 7.28. The minimum absolute atomic E-state index is 0.107. The van der Waals surface area contributed by atoms with E-state index >= 15 is 0 Å². The number of nitrogens with one attached hydrogen (secondary N) is 1. The fourth-order valence-electron chi connectivity index (χ4n) is 1.09. The van der Waals surface area contributed by atoms with Crippen molar-refractivity contribution in [2.75, 3.05) is 20.3 Å². The number of hydrogen-bond acceptors (Lipinski definition) is 4. The minimum Gasteiger partial charge on any atom is -0.480 e. The molecule has 0 aromatic heterocycles. The third-order valence-corrected chi connectivity index (χ3v) is 1.82. The molecule has 6 heteroatoms. The smallest absolute Gasteiger partial charge is 0.407 e. The second-order valence-electron chi connectivity index (χ2n) is 3.79. The molecule has 1 amide bonds. The van der Waals surface area contributed by atoms with Crippen LogP contribution in [0.15, 0.2) is 0 Å². The van der Waals surface area contributed by atoms with E-state index in [1.165, 1.54) is 7.11 Å². The molecule has 0 aromatic carbocycles. The van der Waals surface area contributed by atoms with E-state index in [0.717, 1.165) is 0 Å². The summed E-state index contributed by atoms with van der Waals surface area (Å²) in [6.07, 6.45) is -0.362. The number of hydrogen-bond donors (Lipinski definition) is 2. The lowest BCUT2D eigenvalue weighted by Crippen LogP contribution is -2.42. The molecule has 0 heterocycles. The van der Waals surface area contributed by atoms with Gasteiger partial charge in [-0.2, -0.15) is 0 Å². The lowest BCUT2D eigenvalue weighted by atomic mass is 10.0. The van der Waals surface area contributed by atoms with Gasteiger partial charge in [-0.3, -0.25) is 0 Å². The van der Waals surface area contributed by atoms with Crippen molar-refractivity contribution in [3.63, 3.8) is 0 Å². The number of amides is 1. The number of carbonyl (C=O) groups excluding carboxylic acids is 1. The zero-order valence-corrected chi connectivity index (χ0v) is 9.86. The van der Waals surface area contributed by atoms with Crippen LogP contribution < -0.4 is 5.32 Å². The van der Waals surface area contributed by atoms with Gasteiger partial charge >= 0.3 is 12.1 Å². The zero-order valence-electron chi connectivity index (χ0n) is 9.86. The summed E-state index contributed by atoms with van der Waals surface area (Å²) < 4.78 is 9.39. The van der Waals surface area contributed by atoms with E-state index in [1.807, 2.05) is 13.8 Å². The van der Waals surface area contributed by atoms with E-state index in [9.17, 15) is 9.59 Å². The van der Waals surface area contributed by atoms with Crippen LogP contribution in [-0.4, -0.2) is 43.5 Å². The van der Waals surface area contributed by atoms with E-state index < -0.39 is 18.1 Å². The number of aliphatic carboxylic acids is 1. The Hall–Kier alpha value is -1.30. The molecule has 1 atom stereocenters. The molecule has 0 aliphatic heterocycles. The lowest BCUT2D eigenvalue weighted by Gasteiger charge is -2.16. The van der Waals surface area contributed by atoms with Crippen molar-refractivity contribution < 1.29 is 24.2 Å². The summed E-state index contributed by atoms with van der Waals surface area (Å²) in [7, 11) is 1.49. The van der Waals surface area contributed by atoms with Gasteiger partial charge in [0.25, 0.3) is 0 Å². The van der Waals surface area contributed by atoms with Crippen LogP contribution in [0.1, 0.15) is 20.3 Å². The third kappa shape index (κ3) is 7.05. The van der Waals surface area contributed by atoms with Crippen LogP contribution >= 0.6 is 0 Å². The van der Waals surface area contributed by atoms with E-state index in [-0.39, 0.29) is 19.1 Å². The first-order chi connectivity index (χ1) is 7.47. The molecular formula is C10H19NO5. The molecule has 6 nitrogen and oxygen atoms in total. The molecule has 0 spiro atoms. The topological polar surface area (TPSA) is 84.9 Å². The fourth-order valence-corrected chi connectivity index (χ4v) is 1.09. The monoisotopic (exact) mass is 233 g/mol. The summed E-state index contributed by atoms with van der Waals surface area (Å²) in [5.74, 6) is -0.877. The summed E-state index contributed by atoms with van der Waals surface area (Å²) in [5, 5.41) is 11.1. The first-order valence-corrected chi connectivity index (χ1v) is 5.12. The van der Waals surface area contributed by atoms with Crippen LogP contribution in [0.2, 0.25) is 0 Å². The third-order valence-electron chi connectivity index (χ3n) is 1.82. The van der Waals surface area contributed by atoms with Crippen molar-refractivity contribution in [3.8, 4) is 0 Å². The first-order valence-electron chi connectivity index (χ1n) is 5.12. The van der Waals surface area contributed by atoms with Gasteiger partial charge in [0, 0.05) is 7.11 Å². The van der Waals surface area contributed by atoms with Gasteiger partial charge in [-0.1, -0.05) is 13.8 Å². The van der Waals surface area contributed by atoms with Gasteiger partial charge in [-0.15, -0.1) is 0 Å². The SMILES string of the molecule is COCCOC(=O)NC(CC(C)C)C(=O)O. The number of rotatable bonds is 7. The summed E-state index contributed by atoms with van der Waals surface area (Å²) in [5.41, 5.74) is 0. The van der Waals surface area contributed by atoms with Gasteiger partial charge in [-0.05, 0) is 12.3 Å². The molecule has 0 saturated carbocycles. The van der Waals surface area contributed by atoms with Crippen molar-refractivity contribution in [2.24, 2.45) is 5.92 Å². The van der Waals surface area contributed by atoms with Crippen LogP contribution in [0.3, 0.4) is 0 Å². The number of methoxy groups -OCH3 is 1. The number of carboxylic acids is 1. The average molecular weight is 233 g/mol. The summed E-state index contributed by atoms with van der Waals surface area (Å²) in [6.45, 7) is 4.16. The average Bonchev–Trinajstić information content (AvgIpc) is 2.16. The molecule has 0 aromatic rings. The van der Waals surface area contributed by atoms with Crippen LogP contribution in [0.4, 0.5) is 4.79 Å². The van der Waals surface area contributed by atoms with Crippen molar-refractivity contribution in [3.05, 3.63) is 0 Å². The molecule has 94 valence electrons. The molecular weight excluding hydrogens is 214 g/mol. The Morgan fingerprint density at radius 2 is 1.94 bits per heavy atom. The maximum Gasteiger partial charge on any atom is 0.407 e. The maximum absolute atomic E-state index is 11.2. The van der Waals surface area contributed by atoms with Crippen molar-refractivity contribution in [1.29, 1.82) is 0 Å². The highest BCUT2D eigenvalue weighted by Gasteiger charge is 2.21. The van der Waals surface area contributed by atoms with E-state index in [1.54, 1.807) is 0 Å². The Labute approximate surface area is 94.9 Å². The number of carboxylic acid groups (broad SMARTS) is 1. The second-order valence-corrected chi connectivity index (χ2v) is 3.79. The quantitative estimate of drug-likeness (QED) is 0.637. The highest BCUT2D eigenvalue weighted by molar-refractivity contribution is 5.79. The van der Waals surface area contributed by atoms with Crippen molar-refractivity contribution in [1.82, 2.24) is 5.32 Å². The number of alkyl carbamates (subject to hydrolysis) is 1. The van der Waals surface area contributed by atoms with Crippen LogP contribution in [0.5, 0.6) is 0 Å². The Balaban J connectivity index is 3.98. The standard InChI is InChI=1S/C10H19NO5/c1-7(2)6-8(9(12)13)11-10(14)16-5-4-15-3/h7-8H,4-6H2,1-3H3,(H,11,14)(H,12,13). The normalized spacial score (nSPS) is 12.2. The highest BCUT2D eigenvalue weighted by atomic mass is 16.6. The zero-order chi connectivity index (χ0) is 12.6. The van der Waals surface area contributed by atoms with Crippen molar-refractivity contribution in [2.45, 2.75) is 26.3 Å². The predicted octanol–water partition coefficient (Wildman–Crippen LogP) is 0.858. The Bertz CT molecular complexity index is 229. The molecule has 0 aliphatic rings. The second kappa shape index (κ2) is 7.92. The number of ether oxygens (including phenoxy) is 2. The molecule has 2 N–H and O–H groups in total. The van der Waals surface area contributed by atoms with Crippen LogP contribution in [0, 0.1) is 5.92 Å². The summed E-state index contributed by atoms with van der Waals surface area (Å²) >= 11 is 0.